The van der Waals surface area contributed by atoms with Crippen molar-refractivity contribution in [3.8, 4) is 0 Å². The van der Waals surface area contributed by atoms with Crippen molar-refractivity contribution >= 4 is 39.3 Å². The molecule has 2 atom stereocenters. The smallest absolute Gasteiger partial charge is 0.241 e. The van der Waals surface area contributed by atoms with E-state index in [1.54, 1.807) is 48.5 Å². The second kappa shape index (κ2) is 10.0. The van der Waals surface area contributed by atoms with Crippen LogP contribution in [0.3, 0.4) is 0 Å². The third-order valence-electron chi connectivity index (χ3n) is 4.85. The highest BCUT2D eigenvalue weighted by Crippen LogP contribution is 2.22. The Balaban J connectivity index is 1.80. The van der Waals surface area contributed by atoms with E-state index in [0.717, 1.165) is 10.0 Å². The van der Waals surface area contributed by atoms with Crippen LogP contribution in [0.5, 0.6) is 0 Å². The Morgan fingerprint density at radius 1 is 0.871 bits per heavy atom. The van der Waals surface area contributed by atoms with Crippen LogP contribution in [0.2, 0.25) is 0 Å². The Morgan fingerprint density at radius 3 is 2.06 bits per heavy atom. The van der Waals surface area contributed by atoms with Gasteiger partial charge in [0, 0.05) is 15.7 Å². The average Bonchev–Trinajstić information content (AvgIpc) is 2.75. The lowest BCUT2D eigenvalue weighted by atomic mass is 9.96. The quantitative estimate of drug-likeness (QED) is 0.230. The maximum atomic E-state index is 13.1. The van der Waals surface area contributed by atoms with Crippen molar-refractivity contribution in [3.63, 3.8) is 0 Å². The second-order valence-corrected chi connectivity index (χ2v) is 8.02. The zero-order chi connectivity index (χ0) is 22.4. The Bertz CT molecular complexity index is 1070. The van der Waals surface area contributed by atoms with Crippen LogP contribution in [0.25, 0.3) is 0 Å². The second-order valence-electron chi connectivity index (χ2n) is 7.11. The molecule has 3 aromatic carbocycles. The van der Waals surface area contributed by atoms with E-state index in [9.17, 15) is 9.59 Å². The van der Waals surface area contributed by atoms with Gasteiger partial charge in [0.25, 0.3) is 0 Å². The fraction of sp³-hybridized carbons (Fsp3) is 0.125. The highest BCUT2D eigenvalue weighted by atomic mass is 79.9. The molecule has 0 radical (unpaired) electrons. The Kier molecular flexibility index (Phi) is 7.20. The van der Waals surface area contributed by atoms with Crippen molar-refractivity contribution in [3.05, 3.63) is 100 Å². The van der Waals surface area contributed by atoms with Crippen molar-refractivity contribution in [1.82, 2.24) is 5.32 Å². The minimum atomic E-state index is -1.02. The van der Waals surface area contributed by atoms with Crippen molar-refractivity contribution in [2.75, 3.05) is 5.32 Å². The number of rotatable bonds is 7. The van der Waals surface area contributed by atoms with Crippen LogP contribution in [0.1, 0.15) is 35.6 Å². The number of halogens is 1. The van der Waals surface area contributed by atoms with Crippen molar-refractivity contribution in [2.45, 2.75) is 18.9 Å². The molecule has 0 spiro atoms. The van der Waals surface area contributed by atoms with Gasteiger partial charge in [-0.05, 0) is 54.4 Å². The van der Waals surface area contributed by atoms with Gasteiger partial charge in [-0.25, -0.2) is 0 Å². The molecule has 0 fully saturated rings. The summed E-state index contributed by atoms with van der Waals surface area (Å²) in [5, 5.41) is 13.2. The predicted octanol–water partition coefficient (Wildman–Crippen LogP) is 4.33. The van der Waals surface area contributed by atoms with Crippen LogP contribution < -0.4 is 16.4 Å². The van der Waals surface area contributed by atoms with Crippen LogP contribution in [0, 0.1) is 5.41 Å². The van der Waals surface area contributed by atoms with E-state index in [2.05, 4.69) is 26.6 Å². The van der Waals surface area contributed by atoms with Gasteiger partial charge in [0.15, 0.2) is 0 Å². The van der Waals surface area contributed by atoms with Gasteiger partial charge in [0.2, 0.25) is 11.8 Å². The van der Waals surface area contributed by atoms with Gasteiger partial charge in [-0.1, -0.05) is 58.4 Å². The summed E-state index contributed by atoms with van der Waals surface area (Å²) < 4.78 is 0.951. The summed E-state index contributed by atoms with van der Waals surface area (Å²) in [6.07, 6.45) is 0. The number of benzene rings is 3. The first kappa shape index (κ1) is 22.2. The maximum Gasteiger partial charge on any atom is 0.241 e. The van der Waals surface area contributed by atoms with Crippen LogP contribution >= 0.6 is 15.9 Å². The van der Waals surface area contributed by atoms with Gasteiger partial charge >= 0.3 is 0 Å². The number of amides is 2. The standard InChI is InChI=1S/C24H23BrN4O2/c1-15(16-7-11-19(25)12-8-16)28-23(30)21(17-5-3-2-4-6-17)24(31)29-20-13-9-18(10-14-20)22(26)27/h2-15,21H,1H3,(H3,26,27)(H,28,30)(H,29,31)/t15-,21?/m0/s1. The molecule has 1 unspecified atom stereocenters. The van der Waals surface area contributed by atoms with E-state index in [4.69, 9.17) is 11.1 Å². The van der Waals surface area contributed by atoms with Crippen molar-refractivity contribution in [2.24, 2.45) is 5.73 Å². The number of nitrogens with two attached hydrogens (primary N) is 1. The average molecular weight is 479 g/mol. The Labute approximate surface area is 189 Å². The SMILES string of the molecule is C[C@H](NC(=O)C(C(=O)Nc1ccc(C(=N)N)cc1)c1ccccc1)c1ccc(Br)cc1. The lowest BCUT2D eigenvalue weighted by molar-refractivity contribution is -0.129. The number of hydrogen-bond donors (Lipinski definition) is 4. The molecule has 7 heteroatoms. The fourth-order valence-electron chi connectivity index (χ4n) is 3.15. The van der Waals surface area contributed by atoms with Crippen molar-refractivity contribution in [1.29, 1.82) is 5.41 Å². The molecule has 3 rings (SSSR count). The van der Waals surface area contributed by atoms with Gasteiger partial charge in [-0.15, -0.1) is 0 Å². The number of hydrogen-bond acceptors (Lipinski definition) is 3. The first-order valence-electron chi connectivity index (χ1n) is 9.71. The van der Waals surface area contributed by atoms with E-state index in [1.165, 1.54) is 0 Å². The summed E-state index contributed by atoms with van der Waals surface area (Å²) in [4.78, 5) is 26.2. The summed E-state index contributed by atoms with van der Waals surface area (Å²) in [6, 6.07) is 22.9. The summed E-state index contributed by atoms with van der Waals surface area (Å²) in [5.41, 5.74) is 8.08. The predicted molar refractivity (Wildman–Crippen MR) is 126 cm³/mol. The molecule has 3 aromatic rings. The van der Waals surface area contributed by atoms with Gasteiger partial charge < -0.3 is 16.4 Å². The lowest BCUT2D eigenvalue weighted by Gasteiger charge is -2.21. The largest absolute Gasteiger partial charge is 0.384 e. The number of anilines is 1. The molecule has 5 N–H and O–H groups in total. The van der Waals surface area contributed by atoms with Crippen LogP contribution in [0.4, 0.5) is 5.69 Å². The molecule has 0 aliphatic rings. The third kappa shape index (κ3) is 5.79. The molecule has 31 heavy (non-hydrogen) atoms. The fourth-order valence-corrected chi connectivity index (χ4v) is 3.41. The summed E-state index contributed by atoms with van der Waals surface area (Å²) in [6.45, 7) is 1.88. The van der Waals surface area contributed by atoms with E-state index >= 15 is 0 Å². The van der Waals surface area contributed by atoms with Gasteiger partial charge in [0.05, 0.1) is 6.04 Å². The van der Waals surface area contributed by atoms with E-state index in [0.29, 0.717) is 16.8 Å². The zero-order valence-electron chi connectivity index (χ0n) is 16.9. The monoisotopic (exact) mass is 478 g/mol. The molecule has 0 aliphatic carbocycles. The van der Waals surface area contributed by atoms with Crippen LogP contribution in [-0.2, 0) is 9.59 Å². The van der Waals surface area contributed by atoms with E-state index in [-0.39, 0.29) is 17.8 Å². The molecule has 2 amide bonds. The molecule has 158 valence electrons. The number of nitrogens with one attached hydrogen (secondary N) is 3. The minimum Gasteiger partial charge on any atom is -0.384 e. The molecule has 0 bridgehead atoms. The van der Waals surface area contributed by atoms with Gasteiger partial charge in [-0.2, -0.15) is 0 Å². The summed E-state index contributed by atoms with van der Waals surface area (Å²) in [7, 11) is 0. The number of carbonyl (C=O) groups is 2. The first-order chi connectivity index (χ1) is 14.8. The van der Waals surface area contributed by atoms with Crippen LogP contribution in [-0.4, -0.2) is 17.6 Å². The highest BCUT2D eigenvalue weighted by molar-refractivity contribution is 9.10. The van der Waals surface area contributed by atoms with Crippen LogP contribution in [0.15, 0.2) is 83.3 Å². The minimum absolute atomic E-state index is 0.0543. The molecule has 0 aliphatic heterocycles. The Hall–Kier alpha value is -3.45. The lowest BCUT2D eigenvalue weighted by Crippen LogP contribution is -2.37. The zero-order valence-corrected chi connectivity index (χ0v) is 18.5. The maximum absolute atomic E-state index is 13.1. The van der Waals surface area contributed by atoms with Gasteiger partial charge in [0.1, 0.15) is 11.8 Å². The van der Waals surface area contributed by atoms with E-state index < -0.39 is 11.8 Å². The third-order valence-corrected chi connectivity index (χ3v) is 5.38. The number of carbonyl (C=O) groups excluding carboxylic acids is 2. The Morgan fingerprint density at radius 2 is 1.48 bits per heavy atom. The summed E-state index contributed by atoms with van der Waals surface area (Å²) >= 11 is 3.40. The van der Waals surface area contributed by atoms with Gasteiger partial charge in [-0.3, -0.25) is 15.0 Å². The number of amidine groups is 1. The van der Waals surface area contributed by atoms with Crippen molar-refractivity contribution < 1.29 is 9.59 Å². The molecule has 0 saturated carbocycles. The first-order valence-corrected chi connectivity index (χ1v) is 10.5. The van der Waals surface area contributed by atoms with E-state index in [1.807, 2.05) is 37.3 Å². The molecule has 0 aromatic heterocycles. The summed E-state index contributed by atoms with van der Waals surface area (Å²) in [5.74, 6) is -1.91. The molecule has 0 heterocycles. The highest BCUT2D eigenvalue weighted by Gasteiger charge is 2.29. The number of nitrogen functional groups attached to an aromatic ring is 1. The molecule has 0 saturated heterocycles. The molecular formula is C24H23BrN4O2. The topological polar surface area (TPSA) is 108 Å². The molecular weight excluding hydrogens is 456 g/mol. The normalized spacial score (nSPS) is 12.5. The molecule has 6 nitrogen and oxygen atoms in total.